The van der Waals surface area contributed by atoms with Gasteiger partial charge in [0.15, 0.2) is 0 Å². The van der Waals surface area contributed by atoms with Crippen molar-refractivity contribution in [3.8, 4) is 0 Å². The van der Waals surface area contributed by atoms with E-state index in [1.807, 2.05) is 17.9 Å². The van der Waals surface area contributed by atoms with E-state index in [4.69, 9.17) is 9.90 Å². The Bertz CT molecular complexity index is 1560. The molecule has 42 heavy (non-hydrogen) atoms. The molecule has 3 aromatic carbocycles. The molecule has 226 valence electrons. The number of nitrogens with one attached hydrogen (secondary N) is 1. The van der Waals surface area contributed by atoms with Crippen LogP contribution in [0.5, 0.6) is 0 Å². The van der Waals surface area contributed by atoms with Crippen LogP contribution in [0, 0.1) is 19.7 Å². The first-order valence-corrected chi connectivity index (χ1v) is 14.0. The number of sulfonamides is 1. The quantitative estimate of drug-likeness (QED) is 0.322. The predicted octanol–water partition coefficient (Wildman–Crippen LogP) is 4.90. The lowest BCUT2D eigenvalue weighted by Crippen LogP contribution is -2.46. The Hall–Kier alpha value is -4.17. The van der Waals surface area contributed by atoms with Crippen LogP contribution in [-0.4, -0.2) is 67.8 Å². The minimum Gasteiger partial charge on any atom is -0.478 e. The fourth-order valence-corrected chi connectivity index (χ4v) is 5.66. The van der Waals surface area contributed by atoms with Gasteiger partial charge in [0.2, 0.25) is 0 Å². The highest BCUT2D eigenvalue weighted by Crippen LogP contribution is 2.31. The maximum atomic E-state index is 13.5. The van der Waals surface area contributed by atoms with Crippen LogP contribution in [0.4, 0.5) is 28.9 Å². The highest BCUT2D eigenvalue weighted by molar-refractivity contribution is 7.92. The number of alkyl halides is 3. The van der Waals surface area contributed by atoms with Gasteiger partial charge in [-0.1, -0.05) is 29.8 Å². The van der Waals surface area contributed by atoms with Gasteiger partial charge < -0.3 is 15.1 Å². The Balaban J connectivity index is 0.000000616. The van der Waals surface area contributed by atoms with Crippen molar-refractivity contribution < 1.29 is 45.8 Å². The van der Waals surface area contributed by atoms with Crippen LogP contribution in [0.3, 0.4) is 0 Å². The third-order valence-electron chi connectivity index (χ3n) is 6.36. The number of halogens is 4. The van der Waals surface area contributed by atoms with Gasteiger partial charge in [0, 0.05) is 32.7 Å². The summed E-state index contributed by atoms with van der Waals surface area (Å²) in [4.78, 5) is 24.9. The number of aliphatic carboxylic acids is 1. The number of hydrogen-bond donors (Lipinski definition) is 3. The number of benzene rings is 3. The molecule has 1 aliphatic heterocycles. The lowest BCUT2D eigenvalue weighted by atomic mass is 10.1. The Labute approximate surface area is 240 Å². The van der Waals surface area contributed by atoms with Crippen LogP contribution in [0.25, 0.3) is 0 Å². The summed E-state index contributed by atoms with van der Waals surface area (Å²) in [5.41, 5.74) is 3.30. The molecule has 1 fully saturated rings. The molecule has 1 aliphatic rings. The average molecular weight is 612 g/mol. The summed E-state index contributed by atoms with van der Waals surface area (Å²) in [6.07, 6.45) is -5.08. The van der Waals surface area contributed by atoms with Crippen LogP contribution in [0.1, 0.15) is 27.0 Å². The standard InChI is InChI=1S/C26H28FN3O4S.C2HF3O2/c1-18-6-9-25(19(2)14-18)35(33,34)28-23-16-21(26(31)32)7-8-24(23)30-12-10-29(11-13-30)17-20-4-3-5-22(27)15-20;3-2(4,5)1(6)7/h3-9,14-16,28H,10-13,17H2,1-2H3,(H,31,32);(H,6,7). The Morgan fingerprint density at radius 1 is 0.929 bits per heavy atom. The summed E-state index contributed by atoms with van der Waals surface area (Å²) in [6, 6.07) is 16.1. The van der Waals surface area contributed by atoms with Crippen LogP contribution < -0.4 is 9.62 Å². The number of aromatic carboxylic acids is 1. The van der Waals surface area contributed by atoms with E-state index in [1.54, 1.807) is 37.3 Å². The monoisotopic (exact) mass is 611 g/mol. The second-order valence-corrected chi connectivity index (χ2v) is 11.3. The SMILES string of the molecule is Cc1ccc(S(=O)(=O)Nc2cc(C(=O)O)ccc2N2CCN(Cc3cccc(F)c3)CC2)c(C)c1.O=C(O)C(F)(F)F. The van der Waals surface area contributed by atoms with Gasteiger partial charge in [-0.25, -0.2) is 22.4 Å². The fraction of sp³-hybridized carbons (Fsp3) is 0.286. The Morgan fingerprint density at radius 2 is 1.57 bits per heavy atom. The smallest absolute Gasteiger partial charge is 0.478 e. The molecule has 0 unspecified atom stereocenters. The van der Waals surface area contributed by atoms with Crippen molar-refractivity contribution in [3.05, 3.63) is 88.7 Å². The van der Waals surface area contributed by atoms with Crippen LogP contribution in [0.15, 0.2) is 65.6 Å². The number of carboxylic acids is 2. The highest BCUT2D eigenvalue weighted by Gasteiger charge is 2.38. The summed E-state index contributed by atoms with van der Waals surface area (Å²) in [5.74, 6) is -4.16. The first kappa shape index (κ1) is 32.3. The second-order valence-electron chi connectivity index (χ2n) is 9.61. The summed E-state index contributed by atoms with van der Waals surface area (Å²) in [7, 11) is -3.94. The molecule has 14 heteroatoms. The van der Waals surface area contributed by atoms with Gasteiger partial charge in [-0.05, 0) is 61.4 Å². The molecular formula is C28H29F4N3O6S. The molecule has 3 aromatic rings. The molecule has 0 atom stereocenters. The van der Waals surface area contributed by atoms with Crippen molar-refractivity contribution in [2.24, 2.45) is 0 Å². The van der Waals surface area contributed by atoms with Gasteiger partial charge in [-0.2, -0.15) is 13.2 Å². The van der Waals surface area contributed by atoms with E-state index < -0.39 is 28.1 Å². The first-order chi connectivity index (χ1) is 19.6. The largest absolute Gasteiger partial charge is 0.490 e. The number of piperazine rings is 1. The summed E-state index contributed by atoms with van der Waals surface area (Å²) < 4.78 is 74.3. The molecule has 0 aromatic heterocycles. The van der Waals surface area contributed by atoms with E-state index in [9.17, 15) is 35.9 Å². The zero-order valence-corrected chi connectivity index (χ0v) is 23.5. The highest BCUT2D eigenvalue weighted by atomic mass is 32.2. The molecule has 0 amide bonds. The molecule has 9 nitrogen and oxygen atoms in total. The molecular weight excluding hydrogens is 582 g/mol. The van der Waals surface area contributed by atoms with Crippen molar-refractivity contribution in [1.29, 1.82) is 0 Å². The maximum Gasteiger partial charge on any atom is 0.490 e. The van der Waals surface area contributed by atoms with E-state index in [2.05, 4.69) is 9.62 Å². The van der Waals surface area contributed by atoms with E-state index in [0.29, 0.717) is 44.0 Å². The number of hydrogen-bond acceptors (Lipinski definition) is 6. The van der Waals surface area contributed by atoms with Gasteiger partial charge in [-0.15, -0.1) is 0 Å². The second kappa shape index (κ2) is 13.2. The van der Waals surface area contributed by atoms with Crippen molar-refractivity contribution in [1.82, 2.24) is 4.90 Å². The number of anilines is 2. The van der Waals surface area contributed by atoms with E-state index in [1.165, 1.54) is 24.3 Å². The minimum absolute atomic E-state index is 0.00295. The van der Waals surface area contributed by atoms with Crippen LogP contribution in [0.2, 0.25) is 0 Å². The number of carbonyl (C=O) groups is 2. The number of nitrogens with zero attached hydrogens (tertiary/aromatic N) is 2. The van der Waals surface area contributed by atoms with Crippen LogP contribution >= 0.6 is 0 Å². The topological polar surface area (TPSA) is 127 Å². The lowest BCUT2D eigenvalue weighted by molar-refractivity contribution is -0.192. The normalized spacial score (nSPS) is 14.1. The van der Waals surface area contributed by atoms with Gasteiger partial charge in [0.25, 0.3) is 10.0 Å². The van der Waals surface area contributed by atoms with Crippen LogP contribution in [-0.2, 0) is 21.4 Å². The zero-order chi connectivity index (χ0) is 31.2. The number of carboxylic acid groups (broad SMARTS) is 2. The Morgan fingerprint density at radius 3 is 2.12 bits per heavy atom. The summed E-state index contributed by atoms with van der Waals surface area (Å²) in [5, 5.41) is 16.6. The summed E-state index contributed by atoms with van der Waals surface area (Å²) >= 11 is 0. The maximum absolute atomic E-state index is 13.5. The number of aryl methyl sites for hydroxylation is 2. The van der Waals surface area contributed by atoms with Crippen molar-refractivity contribution >= 4 is 33.3 Å². The molecule has 1 saturated heterocycles. The minimum atomic E-state index is -5.08. The zero-order valence-electron chi connectivity index (χ0n) is 22.7. The molecule has 0 saturated carbocycles. The summed E-state index contributed by atoms with van der Waals surface area (Å²) in [6.45, 7) is 6.85. The van der Waals surface area contributed by atoms with E-state index >= 15 is 0 Å². The van der Waals surface area contributed by atoms with Crippen molar-refractivity contribution in [3.63, 3.8) is 0 Å². The molecule has 4 rings (SSSR count). The average Bonchev–Trinajstić information content (AvgIpc) is 2.88. The number of rotatable bonds is 7. The van der Waals surface area contributed by atoms with E-state index in [0.717, 1.165) is 11.1 Å². The third kappa shape index (κ3) is 8.66. The molecule has 1 heterocycles. The molecule has 0 bridgehead atoms. The third-order valence-corrected chi connectivity index (χ3v) is 7.88. The molecule has 0 aliphatic carbocycles. The molecule has 0 radical (unpaired) electrons. The Kier molecular flexibility index (Phi) is 10.2. The fourth-order valence-electron chi connectivity index (χ4n) is 4.37. The first-order valence-electron chi connectivity index (χ1n) is 12.6. The van der Waals surface area contributed by atoms with Gasteiger partial charge in [-0.3, -0.25) is 9.62 Å². The van der Waals surface area contributed by atoms with Gasteiger partial charge >= 0.3 is 18.1 Å². The van der Waals surface area contributed by atoms with Gasteiger partial charge in [0.05, 0.1) is 21.8 Å². The van der Waals surface area contributed by atoms with Crippen molar-refractivity contribution in [2.45, 2.75) is 31.5 Å². The molecule has 3 N–H and O–H groups in total. The van der Waals surface area contributed by atoms with Crippen molar-refractivity contribution in [2.75, 3.05) is 35.8 Å². The molecule has 0 spiro atoms. The lowest BCUT2D eigenvalue weighted by Gasteiger charge is -2.37. The predicted molar refractivity (Wildman–Crippen MR) is 148 cm³/mol. The van der Waals surface area contributed by atoms with E-state index in [-0.39, 0.29) is 22.0 Å². The van der Waals surface area contributed by atoms with Gasteiger partial charge in [0.1, 0.15) is 5.82 Å².